The highest BCUT2D eigenvalue weighted by Gasteiger charge is 2.02. The molecule has 0 aliphatic carbocycles. The van der Waals surface area contributed by atoms with Crippen molar-refractivity contribution in [3.05, 3.63) is 70.9 Å². The lowest BCUT2D eigenvalue weighted by Crippen LogP contribution is -2.20. The van der Waals surface area contributed by atoms with Gasteiger partial charge in [0, 0.05) is 41.9 Å². The number of rotatable bonds is 12. The van der Waals surface area contributed by atoms with Crippen molar-refractivity contribution in [1.82, 2.24) is 10.3 Å². The van der Waals surface area contributed by atoms with Crippen molar-refractivity contribution in [2.24, 2.45) is 0 Å². The van der Waals surface area contributed by atoms with Gasteiger partial charge in [-0.3, -0.25) is 4.98 Å². The zero-order chi connectivity index (χ0) is 21.0. The van der Waals surface area contributed by atoms with Gasteiger partial charge < -0.3 is 20.1 Å². The Balaban J connectivity index is 1.21. The van der Waals surface area contributed by atoms with Crippen LogP contribution in [0.3, 0.4) is 0 Å². The molecular formula is C23H25ClN4O2. The number of halogens is 1. The van der Waals surface area contributed by atoms with Crippen LogP contribution in [-0.4, -0.2) is 44.5 Å². The highest BCUT2D eigenvalue weighted by atomic mass is 35.5. The smallest absolute Gasteiger partial charge is 0.0991 e. The van der Waals surface area contributed by atoms with Crippen molar-refractivity contribution in [3.63, 3.8) is 0 Å². The molecule has 6 nitrogen and oxygen atoms in total. The number of ether oxygens (including phenoxy) is 2. The number of hydrogen-bond donors (Lipinski definition) is 2. The maximum Gasteiger partial charge on any atom is 0.0991 e. The first-order valence-corrected chi connectivity index (χ1v) is 10.3. The third kappa shape index (κ3) is 6.97. The lowest BCUT2D eigenvalue weighted by molar-refractivity contribution is 0.0527. The predicted molar refractivity (Wildman–Crippen MR) is 120 cm³/mol. The topological polar surface area (TPSA) is 79.2 Å². The van der Waals surface area contributed by atoms with Crippen molar-refractivity contribution in [2.45, 2.75) is 6.54 Å². The second-order valence-electron chi connectivity index (χ2n) is 6.66. The summed E-state index contributed by atoms with van der Waals surface area (Å²) in [6, 6.07) is 17.3. The molecule has 3 rings (SSSR count). The van der Waals surface area contributed by atoms with Gasteiger partial charge in [-0.1, -0.05) is 23.7 Å². The quantitative estimate of drug-likeness (QED) is 0.428. The average Bonchev–Trinajstić information content (AvgIpc) is 2.77. The minimum atomic E-state index is 0.560. The molecule has 0 saturated heterocycles. The van der Waals surface area contributed by atoms with Crippen molar-refractivity contribution in [2.75, 3.05) is 44.8 Å². The zero-order valence-corrected chi connectivity index (χ0v) is 17.5. The van der Waals surface area contributed by atoms with Crippen LogP contribution in [0.25, 0.3) is 10.9 Å². The minimum absolute atomic E-state index is 0.560. The van der Waals surface area contributed by atoms with Crippen LogP contribution < -0.4 is 10.6 Å². The maximum atomic E-state index is 8.79. The van der Waals surface area contributed by atoms with E-state index < -0.39 is 0 Å². The third-order valence-electron chi connectivity index (χ3n) is 4.47. The van der Waals surface area contributed by atoms with Crippen LogP contribution in [0.4, 0.5) is 5.69 Å². The average molecular weight is 425 g/mol. The predicted octanol–water partition coefficient (Wildman–Crippen LogP) is 3.99. The number of hydrogen-bond acceptors (Lipinski definition) is 6. The molecule has 0 radical (unpaired) electrons. The Morgan fingerprint density at radius 2 is 1.70 bits per heavy atom. The van der Waals surface area contributed by atoms with Gasteiger partial charge in [0.15, 0.2) is 0 Å². The van der Waals surface area contributed by atoms with Crippen LogP contribution in [0.5, 0.6) is 0 Å². The van der Waals surface area contributed by atoms with E-state index in [0.29, 0.717) is 43.6 Å². The number of aromatic nitrogens is 1. The summed E-state index contributed by atoms with van der Waals surface area (Å²) in [6.45, 7) is 4.57. The van der Waals surface area contributed by atoms with E-state index in [-0.39, 0.29) is 0 Å². The molecule has 0 aliphatic heterocycles. The Bertz CT molecular complexity index is 973. The van der Waals surface area contributed by atoms with E-state index in [0.717, 1.165) is 35.2 Å². The van der Waals surface area contributed by atoms with E-state index in [4.69, 9.17) is 26.3 Å². The molecule has 0 spiro atoms. The fraction of sp³-hybridized carbons (Fsp3) is 0.304. The van der Waals surface area contributed by atoms with Gasteiger partial charge in [-0.2, -0.15) is 5.26 Å². The molecule has 2 N–H and O–H groups in total. The molecule has 0 amide bonds. The Morgan fingerprint density at radius 1 is 0.933 bits per heavy atom. The molecule has 7 heteroatoms. The number of pyridine rings is 1. The molecule has 156 valence electrons. The summed E-state index contributed by atoms with van der Waals surface area (Å²) in [4.78, 5) is 4.34. The summed E-state index contributed by atoms with van der Waals surface area (Å²) >= 11 is 6.02. The molecular weight excluding hydrogens is 400 g/mol. The van der Waals surface area contributed by atoms with Crippen LogP contribution in [0, 0.1) is 11.3 Å². The number of nitrogens with one attached hydrogen (secondary N) is 2. The summed E-state index contributed by atoms with van der Waals surface area (Å²) in [5, 5.41) is 17.2. The molecule has 0 saturated carbocycles. The fourth-order valence-corrected chi connectivity index (χ4v) is 3.10. The summed E-state index contributed by atoms with van der Waals surface area (Å²) in [7, 11) is 0. The van der Waals surface area contributed by atoms with Gasteiger partial charge in [0.25, 0.3) is 0 Å². The second kappa shape index (κ2) is 12.1. The first-order valence-electron chi connectivity index (χ1n) is 9.89. The van der Waals surface area contributed by atoms with Crippen molar-refractivity contribution < 1.29 is 9.47 Å². The fourth-order valence-electron chi connectivity index (χ4n) is 2.93. The number of nitrogens with zero attached hydrogens (tertiary/aromatic N) is 2. The van der Waals surface area contributed by atoms with E-state index in [1.807, 2.05) is 48.5 Å². The van der Waals surface area contributed by atoms with Gasteiger partial charge in [-0.15, -0.1) is 0 Å². The van der Waals surface area contributed by atoms with Crippen LogP contribution in [0.2, 0.25) is 5.02 Å². The molecule has 0 unspecified atom stereocenters. The number of nitriles is 1. The lowest BCUT2D eigenvalue weighted by Gasteiger charge is -2.10. The largest absolute Gasteiger partial charge is 0.382 e. The van der Waals surface area contributed by atoms with Crippen molar-refractivity contribution in [3.8, 4) is 6.07 Å². The van der Waals surface area contributed by atoms with E-state index in [1.54, 1.807) is 6.20 Å². The first kappa shape index (κ1) is 22.0. The van der Waals surface area contributed by atoms with E-state index in [1.165, 1.54) is 0 Å². The third-order valence-corrected chi connectivity index (χ3v) is 4.71. The number of anilines is 1. The molecule has 3 aromatic rings. The molecule has 0 fully saturated rings. The van der Waals surface area contributed by atoms with Crippen LogP contribution >= 0.6 is 11.6 Å². The van der Waals surface area contributed by atoms with E-state index in [9.17, 15) is 0 Å². The van der Waals surface area contributed by atoms with Crippen molar-refractivity contribution in [1.29, 1.82) is 5.26 Å². The Labute approximate surface area is 181 Å². The molecule has 1 aromatic heterocycles. The van der Waals surface area contributed by atoms with Gasteiger partial charge >= 0.3 is 0 Å². The Hall–Kier alpha value is -2.69. The van der Waals surface area contributed by atoms with Gasteiger partial charge in [0.05, 0.1) is 43.6 Å². The van der Waals surface area contributed by atoms with Gasteiger partial charge in [-0.05, 0) is 42.0 Å². The summed E-state index contributed by atoms with van der Waals surface area (Å²) in [5.41, 5.74) is 3.71. The number of fused-ring (bicyclic) bond motifs is 1. The molecule has 2 aromatic carbocycles. The molecule has 0 bridgehead atoms. The monoisotopic (exact) mass is 424 g/mol. The lowest BCUT2D eigenvalue weighted by atomic mass is 10.1. The van der Waals surface area contributed by atoms with E-state index in [2.05, 4.69) is 21.7 Å². The normalized spacial score (nSPS) is 10.8. The maximum absolute atomic E-state index is 8.79. The van der Waals surface area contributed by atoms with Crippen molar-refractivity contribution >= 4 is 28.2 Å². The molecule has 1 heterocycles. The summed E-state index contributed by atoms with van der Waals surface area (Å²) in [6.07, 6.45) is 1.77. The SMILES string of the molecule is N#Cc1ccc(CNCCOCCOCCNc2ccnc3cc(Cl)ccc23)cc1. The second-order valence-corrected chi connectivity index (χ2v) is 7.09. The van der Waals surface area contributed by atoms with Crippen LogP contribution in [-0.2, 0) is 16.0 Å². The highest BCUT2D eigenvalue weighted by Crippen LogP contribution is 2.24. The summed E-state index contributed by atoms with van der Waals surface area (Å²) in [5.74, 6) is 0. The van der Waals surface area contributed by atoms with Gasteiger partial charge in [-0.25, -0.2) is 0 Å². The van der Waals surface area contributed by atoms with Crippen LogP contribution in [0.1, 0.15) is 11.1 Å². The Kier molecular flexibility index (Phi) is 8.88. The van der Waals surface area contributed by atoms with E-state index >= 15 is 0 Å². The van der Waals surface area contributed by atoms with Crippen LogP contribution in [0.15, 0.2) is 54.7 Å². The first-order chi connectivity index (χ1) is 14.8. The molecule has 0 aliphatic rings. The van der Waals surface area contributed by atoms with Gasteiger partial charge in [0.2, 0.25) is 0 Å². The molecule has 0 atom stereocenters. The summed E-state index contributed by atoms with van der Waals surface area (Å²) < 4.78 is 11.2. The van der Waals surface area contributed by atoms with Gasteiger partial charge in [0.1, 0.15) is 0 Å². The highest BCUT2D eigenvalue weighted by molar-refractivity contribution is 6.31. The standard InChI is InChI=1S/C23H25ClN4O2/c24-20-5-6-21-22(7-8-27-23(21)15-20)28-10-12-30-14-13-29-11-9-26-17-19-3-1-18(16-25)2-4-19/h1-8,15,26H,9-14,17H2,(H,27,28). The Morgan fingerprint density at radius 3 is 2.47 bits per heavy atom. The molecule has 30 heavy (non-hydrogen) atoms. The number of benzene rings is 2. The zero-order valence-electron chi connectivity index (χ0n) is 16.7. The minimum Gasteiger partial charge on any atom is -0.382 e.